The van der Waals surface area contributed by atoms with Crippen LogP contribution in [-0.4, -0.2) is 37.6 Å². The second-order valence-electron chi connectivity index (χ2n) is 9.19. The molecule has 0 fully saturated rings. The van der Waals surface area contributed by atoms with Gasteiger partial charge in [0.1, 0.15) is 0 Å². The van der Waals surface area contributed by atoms with Crippen molar-refractivity contribution in [2.75, 3.05) is 20.8 Å². The van der Waals surface area contributed by atoms with Crippen LogP contribution in [0.25, 0.3) is 0 Å². The van der Waals surface area contributed by atoms with E-state index < -0.39 is 0 Å². The molecule has 1 aliphatic heterocycles. The van der Waals surface area contributed by atoms with E-state index in [1.165, 1.54) is 22.3 Å². The largest absolute Gasteiger partial charge is 0.493 e. The summed E-state index contributed by atoms with van der Waals surface area (Å²) in [6, 6.07) is 20.4. The molecule has 0 aromatic heterocycles. The number of ether oxygens (including phenoxy) is 2. The number of nitrogens with one attached hydrogen (secondary N) is 1. The van der Waals surface area contributed by atoms with Gasteiger partial charge in [-0.2, -0.15) is 0 Å². The lowest BCUT2D eigenvalue weighted by atomic mass is 9.87. The van der Waals surface area contributed by atoms with Crippen molar-refractivity contribution in [3.63, 3.8) is 0 Å². The first-order valence-electron chi connectivity index (χ1n) is 11.8. The van der Waals surface area contributed by atoms with E-state index in [-0.39, 0.29) is 18.0 Å². The number of hydrogen-bond donors (Lipinski definition) is 1. The predicted molar refractivity (Wildman–Crippen MR) is 136 cm³/mol. The Morgan fingerprint density at radius 3 is 2.18 bits per heavy atom. The van der Waals surface area contributed by atoms with E-state index >= 15 is 0 Å². The number of carbonyl (C=O) groups excluding carboxylic acids is 1. The van der Waals surface area contributed by atoms with Gasteiger partial charge in [-0.15, -0.1) is 0 Å². The Balaban J connectivity index is 1.67. The SMILES string of the molecule is COc1cc2c(cc1OC)[C@H]([C@@H](C)NC(=O)c1ccc(C)cc1)N(Cc1ccc(C)cc1)CC2. The summed E-state index contributed by atoms with van der Waals surface area (Å²) in [4.78, 5) is 15.5. The van der Waals surface area contributed by atoms with Crippen LogP contribution in [0.15, 0.2) is 60.7 Å². The zero-order valence-corrected chi connectivity index (χ0v) is 20.7. The molecule has 3 aromatic carbocycles. The molecule has 5 nitrogen and oxygen atoms in total. The molecule has 0 aliphatic carbocycles. The third-order valence-electron chi connectivity index (χ3n) is 6.68. The van der Waals surface area contributed by atoms with Gasteiger partial charge in [0.25, 0.3) is 5.91 Å². The molecule has 178 valence electrons. The molecule has 0 saturated carbocycles. The van der Waals surface area contributed by atoms with Gasteiger partial charge in [0.2, 0.25) is 0 Å². The van der Waals surface area contributed by atoms with Crippen molar-refractivity contribution in [3.8, 4) is 11.5 Å². The lowest BCUT2D eigenvalue weighted by molar-refractivity contribution is 0.0877. The maximum atomic E-state index is 13.1. The molecule has 0 spiro atoms. The molecule has 0 unspecified atom stereocenters. The highest BCUT2D eigenvalue weighted by molar-refractivity contribution is 5.94. The third kappa shape index (κ3) is 5.10. The average molecular weight is 459 g/mol. The summed E-state index contributed by atoms with van der Waals surface area (Å²) >= 11 is 0. The molecule has 1 heterocycles. The molecule has 5 heteroatoms. The fourth-order valence-corrected chi connectivity index (χ4v) is 4.79. The van der Waals surface area contributed by atoms with Crippen molar-refractivity contribution in [3.05, 3.63) is 94.0 Å². The molecule has 0 saturated heterocycles. The van der Waals surface area contributed by atoms with E-state index in [2.05, 4.69) is 60.5 Å². The van der Waals surface area contributed by atoms with Gasteiger partial charge in [-0.25, -0.2) is 0 Å². The number of benzene rings is 3. The Bertz CT molecular complexity index is 1140. The summed E-state index contributed by atoms with van der Waals surface area (Å²) in [5.41, 5.74) is 6.73. The molecule has 4 rings (SSSR count). The highest BCUT2D eigenvalue weighted by Crippen LogP contribution is 2.40. The van der Waals surface area contributed by atoms with E-state index in [0.29, 0.717) is 11.3 Å². The first kappa shape index (κ1) is 23.8. The minimum absolute atomic E-state index is 0.000687. The minimum atomic E-state index is -0.114. The summed E-state index contributed by atoms with van der Waals surface area (Å²) in [5.74, 6) is 1.39. The second kappa shape index (κ2) is 10.3. The van der Waals surface area contributed by atoms with Crippen LogP contribution in [0.3, 0.4) is 0 Å². The van der Waals surface area contributed by atoms with Gasteiger partial charge in [-0.3, -0.25) is 9.69 Å². The van der Waals surface area contributed by atoms with Gasteiger partial charge in [-0.1, -0.05) is 47.5 Å². The van der Waals surface area contributed by atoms with Crippen LogP contribution in [-0.2, 0) is 13.0 Å². The van der Waals surface area contributed by atoms with Crippen molar-refractivity contribution in [1.82, 2.24) is 10.2 Å². The smallest absolute Gasteiger partial charge is 0.251 e. The van der Waals surface area contributed by atoms with Gasteiger partial charge in [-0.05, 0) is 68.1 Å². The molecule has 34 heavy (non-hydrogen) atoms. The number of nitrogens with zero attached hydrogens (tertiary/aromatic N) is 1. The zero-order chi connectivity index (χ0) is 24.2. The normalized spacial score (nSPS) is 16.4. The lowest BCUT2D eigenvalue weighted by Gasteiger charge is -2.41. The molecule has 1 aliphatic rings. The van der Waals surface area contributed by atoms with Crippen LogP contribution in [0, 0.1) is 13.8 Å². The average Bonchev–Trinajstić information content (AvgIpc) is 2.84. The standard InChI is InChI=1S/C29H34N2O3/c1-19-6-10-22(11-7-19)18-31-15-14-24-16-26(33-4)27(34-5)17-25(24)28(31)21(3)30-29(32)23-12-8-20(2)9-13-23/h6-13,16-17,21,28H,14-15,18H2,1-5H3,(H,30,32)/t21-,28+/m1/s1. The van der Waals surface area contributed by atoms with Gasteiger partial charge in [0.15, 0.2) is 11.5 Å². The fourth-order valence-electron chi connectivity index (χ4n) is 4.79. The number of carbonyl (C=O) groups is 1. The van der Waals surface area contributed by atoms with E-state index in [0.717, 1.165) is 30.8 Å². The number of fused-ring (bicyclic) bond motifs is 1. The van der Waals surface area contributed by atoms with E-state index in [1.807, 2.05) is 31.2 Å². The maximum Gasteiger partial charge on any atom is 0.251 e. The lowest BCUT2D eigenvalue weighted by Crippen LogP contribution is -2.47. The molecule has 0 bridgehead atoms. The first-order valence-corrected chi connectivity index (χ1v) is 11.8. The molecule has 0 radical (unpaired) electrons. The first-order chi connectivity index (χ1) is 16.4. The van der Waals surface area contributed by atoms with Gasteiger partial charge >= 0.3 is 0 Å². The van der Waals surface area contributed by atoms with Gasteiger partial charge in [0, 0.05) is 24.7 Å². The quantitative estimate of drug-likeness (QED) is 0.526. The van der Waals surface area contributed by atoms with E-state index in [4.69, 9.17) is 9.47 Å². The van der Waals surface area contributed by atoms with Crippen molar-refractivity contribution in [2.45, 2.75) is 45.8 Å². The van der Waals surface area contributed by atoms with Crippen LogP contribution in [0.1, 0.15) is 51.1 Å². The second-order valence-corrected chi connectivity index (χ2v) is 9.19. The molecule has 1 amide bonds. The maximum absolute atomic E-state index is 13.1. The van der Waals surface area contributed by atoms with Crippen molar-refractivity contribution >= 4 is 5.91 Å². The van der Waals surface area contributed by atoms with E-state index in [1.54, 1.807) is 14.2 Å². The summed E-state index contributed by atoms with van der Waals surface area (Å²) in [6.45, 7) is 7.92. The molecule has 1 N–H and O–H groups in total. The Labute approximate surface area is 202 Å². The highest BCUT2D eigenvalue weighted by Gasteiger charge is 2.34. The Hall–Kier alpha value is -3.31. The summed E-state index contributed by atoms with van der Waals surface area (Å²) in [6.07, 6.45) is 0.913. The monoisotopic (exact) mass is 458 g/mol. The Morgan fingerprint density at radius 1 is 0.971 bits per heavy atom. The van der Waals surface area contributed by atoms with Crippen LogP contribution in [0.2, 0.25) is 0 Å². The van der Waals surface area contributed by atoms with Crippen LogP contribution >= 0.6 is 0 Å². The fraction of sp³-hybridized carbons (Fsp3) is 0.345. The van der Waals surface area contributed by atoms with Crippen LogP contribution < -0.4 is 14.8 Å². The summed E-state index contributed by atoms with van der Waals surface area (Å²) in [5, 5.41) is 3.26. The third-order valence-corrected chi connectivity index (χ3v) is 6.68. The molecular formula is C29H34N2O3. The van der Waals surface area contributed by atoms with Crippen molar-refractivity contribution < 1.29 is 14.3 Å². The molecular weight excluding hydrogens is 424 g/mol. The van der Waals surface area contributed by atoms with Crippen LogP contribution in [0.4, 0.5) is 0 Å². The Morgan fingerprint density at radius 2 is 1.56 bits per heavy atom. The number of methoxy groups -OCH3 is 2. The summed E-state index contributed by atoms with van der Waals surface area (Å²) < 4.78 is 11.2. The number of aryl methyl sites for hydroxylation is 2. The zero-order valence-electron chi connectivity index (χ0n) is 20.7. The predicted octanol–water partition coefficient (Wildman–Crippen LogP) is 5.24. The highest BCUT2D eigenvalue weighted by atomic mass is 16.5. The number of amides is 1. The summed E-state index contributed by atoms with van der Waals surface area (Å²) in [7, 11) is 3.33. The molecule has 2 atom stereocenters. The van der Waals surface area contributed by atoms with Gasteiger partial charge < -0.3 is 14.8 Å². The minimum Gasteiger partial charge on any atom is -0.493 e. The topological polar surface area (TPSA) is 50.8 Å². The Kier molecular flexibility index (Phi) is 7.23. The van der Waals surface area contributed by atoms with Gasteiger partial charge in [0.05, 0.1) is 20.3 Å². The molecule has 3 aromatic rings. The van der Waals surface area contributed by atoms with Crippen LogP contribution in [0.5, 0.6) is 11.5 Å². The van der Waals surface area contributed by atoms with E-state index in [9.17, 15) is 4.79 Å². The van der Waals surface area contributed by atoms with Crippen molar-refractivity contribution in [2.24, 2.45) is 0 Å². The van der Waals surface area contributed by atoms with Crippen molar-refractivity contribution in [1.29, 1.82) is 0 Å². The number of hydrogen-bond acceptors (Lipinski definition) is 4. The number of rotatable bonds is 7.